The first-order valence-electron chi connectivity index (χ1n) is 9.09. The van der Waals surface area contributed by atoms with Gasteiger partial charge in [-0.05, 0) is 53.6 Å². The normalized spacial score (nSPS) is 10.8. The van der Waals surface area contributed by atoms with Crippen molar-refractivity contribution < 1.29 is 23.1 Å². The number of benzene rings is 2. The van der Waals surface area contributed by atoms with E-state index in [2.05, 4.69) is 22.2 Å². The molecule has 3 aromatic rings. The number of urea groups is 1. The maximum absolute atomic E-state index is 12.8. The van der Waals surface area contributed by atoms with Crippen molar-refractivity contribution in [2.24, 2.45) is 0 Å². The van der Waals surface area contributed by atoms with E-state index in [0.717, 1.165) is 5.56 Å². The molecule has 0 aliphatic rings. The van der Waals surface area contributed by atoms with Crippen molar-refractivity contribution in [2.45, 2.75) is 16.3 Å². The fourth-order valence-corrected chi connectivity index (χ4v) is 3.93. The standard InChI is InChI=1S/C22H19N3O5S/c1-15(21(26)27)17-4-8-19(9-5-17)31(29,30)20-10-6-18(7-11-20)25-22(28)24-14-16-3-2-12-23-13-16/h2-13H,1,14H2,(H,26,27)(H2,24,25,28). The monoisotopic (exact) mass is 437 g/mol. The van der Waals surface area contributed by atoms with E-state index < -0.39 is 21.8 Å². The van der Waals surface area contributed by atoms with Crippen molar-refractivity contribution in [1.82, 2.24) is 10.3 Å². The summed E-state index contributed by atoms with van der Waals surface area (Å²) in [5.41, 5.74) is 1.47. The van der Waals surface area contributed by atoms with E-state index in [1.807, 2.05) is 6.07 Å². The van der Waals surface area contributed by atoms with Gasteiger partial charge in [0.05, 0.1) is 15.4 Å². The van der Waals surface area contributed by atoms with Crippen molar-refractivity contribution in [3.8, 4) is 0 Å². The summed E-state index contributed by atoms with van der Waals surface area (Å²) in [6.45, 7) is 3.75. The number of amides is 2. The van der Waals surface area contributed by atoms with E-state index in [0.29, 0.717) is 17.8 Å². The predicted octanol–water partition coefficient (Wildman–Crippen LogP) is 3.33. The third kappa shape index (κ3) is 5.34. The molecule has 31 heavy (non-hydrogen) atoms. The second-order valence-corrected chi connectivity index (χ2v) is 8.45. The van der Waals surface area contributed by atoms with Gasteiger partial charge in [-0.2, -0.15) is 0 Å². The Morgan fingerprint density at radius 3 is 2.13 bits per heavy atom. The Morgan fingerprint density at radius 2 is 1.58 bits per heavy atom. The topological polar surface area (TPSA) is 125 Å². The minimum Gasteiger partial charge on any atom is -0.478 e. The van der Waals surface area contributed by atoms with Crippen LogP contribution in [0, 0.1) is 0 Å². The van der Waals surface area contributed by atoms with Gasteiger partial charge in [-0.15, -0.1) is 0 Å². The van der Waals surface area contributed by atoms with Crippen LogP contribution in [-0.4, -0.2) is 30.5 Å². The predicted molar refractivity (Wildman–Crippen MR) is 115 cm³/mol. The van der Waals surface area contributed by atoms with Crippen LogP contribution in [0.2, 0.25) is 0 Å². The Hall–Kier alpha value is -3.98. The lowest BCUT2D eigenvalue weighted by molar-refractivity contribution is -0.130. The molecule has 3 rings (SSSR count). The van der Waals surface area contributed by atoms with Crippen LogP contribution < -0.4 is 10.6 Å². The van der Waals surface area contributed by atoms with E-state index in [-0.39, 0.29) is 15.4 Å². The van der Waals surface area contributed by atoms with Gasteiger partial charge in [0.2, 0.25) is 9.84 Å². The first-order chi connectivity index (χ1) is 14.8. The number of carboxylic acid groups (broad SMARTS) is 1. The van der Waals surface area contributed by atoms with Gasteiger partial charge >= 0.3 is 12.0 Å². The molecule has 1 heterocycles. The minimum absolute atomic E-state index is 0.0179. The highest BCUT2D eigenvalue weighted by atomic mass is 32.2. The first kappa shape index (κ1) is 21.7. The lowest BCUT2D eigenvalue weighted by Gasteiger charge is -2.09. The second kappa shape index (κ2) is 9.23. The number of rotatable bonds is 7. The van der Waals surface area contributed by atoms with E-state index in [1.54, 1.807) is 18.5 Å². The Bertz CT molecular complexity index is 1210. The van der Waals surface area contributed by atoms with E-state index in [4.69, 9.17) is 5.11 Å². The molecule has 0 saturated heterocycles. The maximum Gasteiger partial charge on any atom is 0.335 e. The zero-order valence-electron chi connectivity index (χ0n) is 16.3. The maximum atomic E-state index is 12.8. The molecule has 1 aromatic heterocycles. The number of carboxylic acids is 1. The van der Waals surface area contributed by atoms with Crippen LogP contribution in [0.4, 0.5) is 10.5 Å². The summed E-state index contributed by atoms with van der Waals surface area (Å²) in [5, 5.41) is 14.3. The van der Waals surface area contributed by atoms with Crippen LogP contribution in [0.25, 0.3) is 5.57 Å². The van der Waals surface area contributed by atoms with Crippen LogP contribution in [0.5, 0.6) is 0 Å². The molecule has 2 aromatic carbocycles. The Balaban J connectivity index is 1.66. The second-order valence-electron chi connectivity index (χ2n) is 6.50. The third-order valence-electron chi connectivity index (χ3n) is 4.37. The summed E-state index contributed by atoms with van der Waals surface area (Å²) in [6.07, 6.45) is 3.28. The largest absolute Gasteiger partial charge is 0.478 e. The summed E-state index contributed by atoms with van der Waals surface area (Å²) < 4.78 is 25.6. The number of carbonyl (C=O) groups excluding carboxylic acids is 1. The highest BCUT2D eigenvalue weighted by Gasteiger charge is 2.18. The molecular formula is C22H19N3O5S. The van der Waals surface area contributed by atoms with Crippen molar-refractivity contribution in [3.05, 3.63) is 90.8 Å². The summed E-state index contributed by atoms with van der Waals surface area (Å²) in [4.78, 5) is 27.0. The molecule has 0 saturated carbocycles. The third-order valence-corrected chi connectivity index (χ3v) is 6.16. The average Bonchev–Trinajstić information content (AvgIpc) is 2.78. The van der Waals surface area contributed by atoms with Gasteiger partial charge in [0.15, 0.2) is 0 Å². The first-order valence-corrected chi connectivity index (χ1v) is 10.6. The van der Waals surface area contributed by atoms with Crippen LogP contribution in [0.15, 0.2) is 89.4 Å². The van der Waals surface area contributed by atoms with Crippen molar-refractivity contribution in [3.63, 3.8) is 0 Å². The molecule has 0 spiro atoms. The SMILES string of the molecule is C=C(C(=O)O)c1ccc(S(=O)(=O)c2ccc(NC(=O)NCc3cccnc3)cc2)cc1. The molecule has 0 atom stereocenters. The average molecular weight is 437 g/mol. The van der Waals surface area contributed by atoms with Gasteiger partial charge in [-0.1, -0.05) is 24.8 Å². The van der Waals surface area contributed by atoms with Crippen molar-refractivity contribution in [2.75, 3.05) is 5.32 Å². The Morgan fingerprint density at radius 1 is 0.968 bits per heavy atom. The molecule has 0 radical (unpaired) electrons. The summed E-state index contributed by atoms with van der Waals surface area (Å²) in [7, 11) is -3.81. The highest BCUT2D eigenvalue weighted by molar-refractivity contribution is 7.91. The molecule has 2 amide bonds. The summed E-state index contributed by atoms with van der Waals surface area (Å²) in [6, 6.07) is 14.3. The van der Waals surface area contributed by atoms with E-state index >= 15 is 0 Å². The van der Waals surface area contributed by atoms with Gasteiger partial charge in [-0.3, -0.25) is 4.98 Å². The molecular weight excluding hydrogens is 418 g/mol. The molecule has 9 heteroatoms. The highest BCUT2D eigenvalue weighted by Crippen LogP contribution is 2.24. The molecule has 0 bridgehead atoms. The van der Waals surface area contributed by atoms with Crippen LogP contribution in [0.3, 0.4) is 0 Å². The Labute approximate surface area is 179 Å². The lowest BCUT2D eigenvalue weighted by atomic mass is 10.1. The van der Waals surface area contributed by atoms with Crippen LogP contribution in [0.1, 0.15) is 11.1 Å². The zero-order chi connectivity index (χ0) is 22.4. The number of anilines is 1. The van der Waals surface area contributed by atoms with Gasteiger partial charge in [0.1, 0.15) is 0 Å². The molecule has 0 aliphatic heterocycles. The van der Waals surface area contributed by atoms with Gasteiger partial charge in [0, 0.05) is 24.6 Å². The van der Waals surface area contributed by atoms with Gasteiger partial charge in [0.25, 0.3) is 0 Å². The van der Waals surface area contributed by atoms with Crippen LogP contribution in [-0.2, 0) is 21.2 Å². The summed E-state index contributed by atoms with van der Waals surface area (Å²) >= 11 is 0. The Kier molecular flexibility index (Phi) is 6.46. The number of carbonyl (C=O) groups is 2. The van der Waals surface area contributed by atoms with Crippen LogP contribution >= 0.6 is 0 Å². The number of aliphatic carboxylic acids is 1. The molecule has 0 fully saturated rings. The number of nitrogens with zero attached hydrogens (tertiary/aromatic N) is 1. The number of nitrogens with one attached hydrogen (secondary N) is 2. The number of hydrogen-bond donors (Lipinski definition) is 3. The zero-order valence-corrected chi connectivity index (χ0v) is 17.1. The number of sulfone groups is 1. The smallest absolute Gasteiger partial charge is 0.335 e. The molecule has 0 aliphatic carbocycles. The summed E-state index contributed by atoms with van der Waals surface area (Å²) in [5.74, 6) is -1.18. The quantitative estimate of drug-likeness (QED) is 0.487. The van der Waals surface area contributed by atoms with Crippen molar-refractivity contribution in [1.29, 1.82) is 0 Å². The van der Waals surface area contributed by atoms with Gasteiger partial charge < -0.3 is 15.7 Å². The molecule has 158 valence electrons. The molecule has 8 nitrogen and oxygen atoms in total. The fourth-order valence-electron chi connectivity index (χ4n) is 2.67. The minimum atomic E-state index is -3.81. The fraction of sp³-hybridized carbons (Fsp3) is 0.0455. The van der Waals surface area contributed by atoms with E-state index in [9.17, 15) is 18.0 Å². The van der Waals surface area contributed by atoms with Crippen molar-refractivity contribution >= 4 is 33.1 Å². The number of pyridine rings is 1. The number of aromatic nitrogens is 1. The molecule has 0 unspecified atom stereocenters. The van der Waals surface area contributed by atoms with E-state index in [1.165, 1.54) is 48.5 Å². The van der Waals surface area contributed by atoms with Gasteiger partial charge in [-0.25, -0.2) is 18.0 Å². The molecule has 3 N–H and O–H groups in total. The number of hydrogen-bond acceptors (Lipinski definition) is 5. The lowest BCUT2D eigenvalue weighted by Crippen LogP contribution is -2.28.